The van der Waals surface area contributed by atoms with E-state index in [2.05, 4.69) is 15.6 Å². The van der Waals surface area contributed by atoms with E-state index in [9.17, 15) is 9.59 Å². The van der Waals surface area contributed by atoms with E-state index in [0.29, 0.717) is 32.8 Å². The summed E-state index contributed by atoms with van der Waals surface area (Å²) in [6.45, 7) is 0.514. The molecular formula is C27H18Cl2N4O3S. The lowest BCUT2D eigenvalue weighted by molar-refractivity contribution is 0.0739. The largest absolute Gasteiger partial charge is 0.422 e. The van der Waals surface area contributed by atoms with Crippen LogP contribution in [0.4, 0.5) is 0 Å². The number of hydrogen-bond acceptors (Lipinski definition) is 6. The van der Waals surface area contributed by atoms with Crippen molar-refractivity contribution in [2.75, 3.05) is 0 Å². The molecule has 0 aliphatic carbocycles. The predicted molar refractivity (Wildman–Crippen MR) is 146 cm³/mol. The molecule has 0 saturated carbocycles. The molecule has 2 heterocycles. The first-order valence-corrected chi connectivity index (χ1v) is 12.6. The number of thiophene rings is 1. The Labute approximate surface area is 225 Å². The molecule has 2 aromatic heterocycles. The number of hydrogen-bond donors (Lipinski definition) is 1. The quantitative estimate of drug-likeness (QED) is 0.110. The molecule has 0 unspecified atom stereocenters. The summed E-state index contributed by atoms with van der Waals surface area (Å²) in [7, 11) is 0. The zero-order chi connectivity index (χ0) is 25.8. The molecule has 0 bridgehead atoms. The number of carbonyl (C=O) groups excluding carboxylic acids is 2. The van der Waals surface area contributed by atoms with Gasteiger partial charge in [-0.05, 0) is 59.7 Å². The zero-order valence-corrected chi connectivity index (χ0v) is 21.4. The van der Waals surface area contributed by atoms with Gasteiger partial charge in [-0.2, -0.15) is 10.2 Å². The molecule has 0 spiro atoms. The lowest BCUT2D eigenvalue weighted by Gasteiger charge is -2.03. The van der Waals surface area contributed by atoms with Crippen LogP contribution in [0.1, 0.15) is 31.3 Å². The van der Waals surface area contributed by atoms with Crippen molar-refractivity contribution < 1.29 is 14.3 Å². The summed E-state index contributed by atoms with van der Waals surface area (Å²) >= 11 is 13.6. The van der Waals surface area contributed by atoms with Crippen molar-refractivity contribution in [3.63, 3.8) is 0 Å². The molecule has 0 saturated heterocycles. The topological polar surface area (TPSA) is 85.6 Å². The summed E-state index contributed by atoms with van der Waals surface area (Å²) in [4.78, 5) is 25.3. The van der Waals surface area contributed by atoms with Crippen molar-refractivity contribution >= 4 is 62.7 Å². The number of amides is 1. The standard InChI is InChI=1S/C27H18Cl2N4O3S/c28-19-9-5-18(6-10-19)16-33-14-13-22(32-33)26(34)31-30-15-17-7-11-20(12-8-17)36-27(35)25-24(29)21-3-1-2-4-23(21)37-25/h1-15H,16H2,(H,31,34)/b30-15-. The Bertz CT molecular complexity index is 1610. The van der Waals surface area contributed by atoms with Gasteiger partial charge >= 0.3 is 5.97 Å². The van der Waals surface area contributed by atoms with Crippen LogP contribution in [-0.4, -0.2) is 27.9 Å². The average Bonchev–Trinajstić information content (AvgIpc) is 3.51. The van der Waals surface area contributed by atoms with Gasteiger partial charge in [0.15, 0.2) is 5.69 Å². The van der Waals surface area contributed by atoms with Gasteiger partial charge in [-0.1, -0.05) is 53.5 Å². The van der Waals surface area contributed by atoms with Crippen LogP contribution in [0.25, 0.3) is 10.1 Å². The van der Waals surface area contributed by atoms with Crippen LogP contribution in [0, 0.1) is 0 Å². The van der Waals surface area contributed by atoms with Gasteiger partial charge in [0.25, 0.3) is 5.91 Å². The highest BCUT2D eigenvalue weighted by molar-refractivity contribution is 7.21. The molecule has 1 N–H and O–H groups in total. The van der Waals surface area contributed by atoms with Gasteiger partial charge in [0, 0.05) is 21.3 Å². The number of aromatic nitrogens is 2. The van der Waals surface area contributed by atoms with Crippen LogP contribution in [0.15, 0.2) is 90.2 Å². The Kier molecular flexibility index (Phi) is 7.32. The second kappa shape index (κ2) is 11.0. The molecule has 0 radical (unpaired) electrons. The summed E-state index contributed by atoms with van der Waals surface area (Å²) in [5, 5.41) is 10.1. The monoisotopic (exact) mass is 548 g/mol. The van der Waals surface area contributed by atoms with Crippen molar-refractivity contribution in [3.8, 4) is 5.75 Å². The molecule has 37 heavy (non-hydrogen) atoms. The molecule has 5 aromatic rings. The van der Waals surface area contributed by atoms with E-state index in [1.54, 1.807) is 53.3 Å². The molecule has 10 heteroatoms. The first-order valence-electron chi connectivity index (χ1n) is 11.1. The Morgan fingerprint density at radius 1 is 1.00 bits per heavy atom. The first-order chi connectivity index (χ1) is 18.0. The van der Waals surface area contributed by atoms with E-state index in [1.807, 2.05) is 36.4 Å². The lowest BCUT2D eigenvalue weighted by Crippen LogP contribution is -2.18. The number of rotatable bonds is 7. The van der Waals surface area contributed by atoms with Crippen molar-refractivity contribution in [3.05, 3.63) is 117 Å². The van der Waals surface area contributed by atoms with Crippen molar-refractivity contribution in [1.82, 2.24) is 15.2 Å². The van der Waals surface area contributed by atoms with Crippen molar-refractivity contribution in [2.24, 2.45) is 5.10 Å². The van der Waals surface area contributed by atoms with Gasteiger partial charge in [-0.25, -0.2) is 10.2 Å². The van der Waals surface area contributed by atoms with Crippen LogP contribution < -0.4 is 10.2 Å². The first kappa shape index (κ1) is 24.7. The molecule has 184 valence electrons. The number of ether oxygens (including phenoxy) is 1. The minimum absolute atomic E-state index is 0.244. The summed E-state index contributed by atoms with van der Waals surface area (Å²) in [6, 6.07) is 23.3. The van der Waals surface area contributed by atoms with E-state index >= 15 is 0 Å². The van der Waals surface area contributed by atoms with Crippen molar-refractivity contribution in [2.45, 2.75) is 6.54 Å². The Morgan fingerprint density at radius 2 is 1.76 bits per heavy atom. The van der Waals surface area contributed by atoms with Gasteiger partial charge < -0.3 is 4.74 Å². The summed E-state index contributed by atoms with van der Waals surface area (Å²) < 4.78 is 8.05. The Morgan fingerprint density at radius 3 is 2.51 bits per heavy atom. The maximum absolute atomic E-state index is 12.6. The van der Waals surface area contributed by atoms with Crippen molar-refractivity contribution in [1.29, 1.82) is 0 Å². The van der Waals surface area contributed by atoms with E-state index in [-0.39, 0.29) is 5.69 Å². The highest BCUT2D eigenvalue weighted by Gasteiger charge is 2.19. The number of fused-ring (bicyclic) bond motifs is 1. The molecule has 0 aliphatic heterocycles. The van der Waals surface area contributed by atoms with Gasteiger partial charge in [-0.3, -0.25) is 9.48 Å². The number of halogens is 2. The number of nitrogens with one attached hydrogen (secondary N) is 1. The average molecular weight is 549 g/mol. The number of esters is 1. The number of hydrazone groups is 1. The SMILES string of the molecule is O=C(N/N=C\c1ccc(OC(=O)c2sc3ccccc3c2Cl)cc1)c1ccn(Cc2ccc(Cl)cc2)n1. The molecule has 0 aliphatic rings. The van der Waals surface area contributed by atoms with E-state index < -0.39 is 11.9 Å². The maximum atomic E-state index is 12.6. The summed E-state index contributed by atoms with van der Waals surface area (Å²) in [6.07, 6.45) is 3.20. The minimum atomic E-state index is -0.518. The molecule has 3 aromatic carbocycles. The number of nitrogens with zero attached hydrogens (tertiary/aromatic N) is 3. The second-order valence-corrected chi connectivity index (χ2v) is 9.79. The maximum Gasteiger partial charge on any atom is 0.355 e. The number of carbonyl (C=O) groups is 2. The predicted octanol–water partition coefficient (Wildman–Crippen LogP) is 6.44. The van der Waals surface area contributed by atoms with E-state index in [1.165, 1.54) is 17.6 Å². The normalized spacial score (nSPS) is 11.2. The molecular weight excluding hydrogens is 531 g/mol. The molecule has 0 fully saturated rings. The smallest absolute Gasteiger partial charge is 0.355 e. The zero-order valence-electron chi connectivity index (χ0n) is 19.1. The second-order valence-electron chi connectivity index (χ2n) is 7.92. The molecule has 1 amide bonds. The Balaban J connectivity index is 1.15. The van der Waals surface area contributed by atoms with E-state index in [0.717, 1.165) is 15.6 Å². The van der Waals surface area contributed by atoms with Gasteiger partial charge in [0.1, 0.15) is 10.6 Å². The fourth-order valence-electron chi connectivity index (χ4n) is 3.49. The van der Waals surface area contributed by atoms with Crippen LogP contribution in [0.5, 0.6) is 5.75 Å². The van der Waals surface area contributed by atoms with Gasteiger partial charge in [-0.15, -0.1) is 11.3 Å². The Hall–Kier alpha value is -3.98. The summed E-state index contributed by atoms with van der Waals surface area (Å²) in [5.41, 5.74) is 4.42. The van der Waals surface area contributed by atoms with Gasteiger partial charge in [0.2, 0.25) is 0 Å². The minimum Gasteiger partial charge on any atom is -0.422 e. The third-order valence-corrected chi connectivity index (χ3v) is 7.23. The fraction of sp³-hybridized carbons (Fsp3) is 0.0370. The summed E-state index contributed by atoms with van der Waals surface area (Å²) in [5.74, 6) is -0.585. The van der Waals surface area contributed by atoms with Crippen LogP contribution in [0.2, 0.25) is 10.0 Å². The van der Waals surface area contributed by atoms with E-state index in [4.69, 9.17) is 27.9 Å². The molecule has 5 rings (SSSR count). The van der Waals surface area contributed by atoms with Crippen LogP contribution in [-0.2, 0) is 6.54 Å². The fourth-order valence-corrected chi connectivity index (χ4v) is 5.00. The molecule has 0 atom stereocenters. The lowest BCUT2D eigenvalue weighted by atomic mass is 10.2. The number of benzene rings is 3. The highest BCUT2D eigenvalue weighted by atomic mass is 35.5. The third kappa shape index (κ3) is 5.89. The van der Waals surface area contributed by atoms with Crippen LogP contribution >= 0.6 is 34.5 Å². The third-order valence-electron chi connectivity index (χ3n) is 5.32. The van der Waals surface area contributed by atoms with Gasteiger partial charge in [0.05, 0.1) is 17.8 Å². The molecule has 7 nitrogen and oxygen atoms in total. The van der Waals surface area contributed by atoms with Crippen LogP contribution in [0.3, 0.4) is 0 Å². The highest BCUT2D eigenvalue weighted by Crippen LogP contribution is 2.35.